The maximum atomic E-state index is 11.7. The number of carbonyl (C=O) groups excluding carboxylic acids is 1. The summed E-state index contributed by atoms with van der Waals surface area (Å²) in [5.74, 6) is 0.298. The molecule has 0 saturated carbocycles. The predicted molar refractivity (Wildman–Crippen MR) is 105 cm³/mol. The molecule has 0 radical (unpaired) electrons. The first-order valence-corrected chi connectivity index (χ1v) is 8.57. The molecule has 0 aliphatic rings. The summed E-state index contributed by atoms with van der Waals surface area (Å²) in [7, 11) is 0. The van der Waals surface area contributed by atoms with Crippen LogP contribution in [0.5, 0.6) is 5.75 Å². The van der Waals surface area contributed by atoms with Gasteiger partial charge in [-0.25, -0.2) is 0 Å². The summed E-state index contributed by atoms with van der Waals surface area (Å²) in [6.45, 7) is 8.02. The van der Waals surface area contributed by atoms with Gasteiger partial charge in [0.2, 0.25) is 0 Å². The van der Waals surface area contributed by atoms with Crippen molar-refractivity contribution in [2.75, 3.05) is 0 Å². The largest absolute Gasteiger partial charge is 0.426 e. The molecule has 4 heteroatoms. The van der Waals surface area contributed by atoms with Crippen LogP contribution in [0.2, 0.25) is 0 Å². The van der Waals surface area contributed by atoms with Crippen molar-refractivity contribution in [3.63, 3.8) is 0 Å². The van der Waals surface area contributed by atoms with Crippen LogP contribution >= 0.6 is 12.4 Å². The molecule has 0 bridgehead atoms. The van der Waals surface area contributed by atoms with Crippen LogP contribution in [0.15, 0.2) is 54.6 Å². The van der Waals surface area contributed by atoms with Gasteiger partial charge in [-0.1, -0.05) is 56.3 Å². The van der Waals surface area contributed by atoms with Gasteiger partial charge >= 0.3 is 5.97 Å². The molecule has 2 aromatic rings. The first-order valence-electron chi connectivity index (χ1n) is 8.57. The highest BCUT2D eigenvalue weighted by atomic mass is 35.5. The normalized spacial score (nSPS) is 13.0. The Hall–Kier alpha value is -1.84. The summed E-state index contributed by atoms with van der Waals surface area (Å²) in [5.41, 5.74) is 2.44. The van der Waals surface area contributed by atoms with Crippen molar-refractivity contribution in [2.24, 2.45) is 5.92 Å². The Bertz CT molecular complexity index is 658. The lowest BCUT2D eigenvalue weighted by Gasteiger charge is -2.20. The number of benzene rings is 2. The Morgan fingerprint density at radius 1 is 1.00 bits per heavy atom. The first kappa shape index (κ1) is 21.2. The Balaban J connectivity index is 0.00000312. The minimum Gasteiger partial charge on any atom is -0.426 e. The Morgan fingerprint density at radius 2 is 1.68 bits per heavy atom. The molecular weight excluding hydrogens is 334 g/mol. The minimum absolute atomic E-state index is 0. The maximum Gasteiger partial charge on any atom is 0.313 e. The van der Waals surface area contributed by atoms with Gasteiger partial charge in [0, 0.05) is 12.1 Å². The molecule has 0 aliphatic carbocycles. The lowest BCUT2D eigenvalue weighted by atomic mass is 10.0. The summed E-state index contributed by atoms with van der Waals surface area (Å²) in [6.07, 6.45) is 0.879. The van der Waals surface area contributed by atoms with E-state index in [1.807, 2.05) is 38.1 Å². The van der Waals surface area contributed by atoms with Gasteiger partial charge < -0.3 is 10.1 Å². The van der Waals surface area contributed by atoms with Gasteiger partial charge in [-0.2, -0.15) is 0 Å². The van der Waals surface area contributed by atoms with Crippen molar-refractivity contribution in [3.8, 4) is 5.75 Å². The first-order chi connectivity index (χ1) is 11.5. The molecule has 0 amide bonds. The number of nitrogens with one attached hydrogen (secondary N) is 1. The lowest BCUT2D eigenvalue weighted by Crippen LogP contribution is -2.30. The minimum atomic E-state index is -0.198. The average molecular weight is 362 g/mol. The molecule has 0 saturated heterocycles. The van der Waals surface area contributed by atoms with Crippen molar-refractivity contribution in [2.45, 2.75) is 46.2 Å². The van der Waals surface area contributed by atoms with E-state index in [1.54, 1.807) is 0 Å². The smallest absolute Gasteiger partial charge is 0.313 e. The fraction of sp³-hybridized carbons (Fsp3) is 0.381. The number of ether oxygens (including phenoxy) is 1. The zero-order valence-electron chi connectivity index (χ0n) is 15.4. The van der Waals surface area contributed by atoms with Gasteiger partial charge in [0.15, 0.2) is 0 Å². The highest BCUT2D eigenvalue weighted by molar-refractivity contribution is 5.85. The number of halogens is 1. The van der Waals surface area contributed by atoms with Crippen LogP contribution in [-0.4, -0.2) is 12.0 Å². The van der Waals surface area contributed by atoms with E-state index in [9.17, 15) is 4.79 Å². The third kappa shape index (κ3) is 6.89. The van der Waals surface area contributed by atoms with Crippen LogP contribution in [-0.2, 0) is 11.2 Å². The van der Waals surface area contributed by atoms with E-state index >= 15 is 0 Å². The van der Waals surface area contributed by atoms with E-state index in [1.165, 1.54) is 5.56 Å². The van der Waals surface area contributed by atoms with Gasteiger partial charge in [-0.3, -0.25) is 4.79 Å². The monoisotopic (exact) mass is 361 g/mol. The van der Waals surface area contributed by atoms with Crippen molar-refractivity contribution in [1.82, 2.24) is 5.32 Å². The van der Waals surface area contributed by atoms with E-state index in [0.717, 1.165) is 12.0 Å². The summed E-state index contributed by atoms with van der Waals surface area (Å²) < 4.78 is 5.39. The molecule has 0 fully saturated rings. The SMILES string of the molecule is CC(C)C(=O)Oc1cccc(C[C@@H](C)N[C@H](C)c2ccccc2)c1.Cl. The van der Waals surface area contributed by atoms with E-state index in [0.29, 0.717) is 17.8 Å². The predicted octanol–water partition coefficient (Wildman–Crippen LogP) is 4.95. The second-order valence-electron chi connectivity index (χ2n) is 6.63. The van der Waals surface area contributed by atoms with Gasteiger partial charge in [0.1, 0.15) is 5.75 Å². The van der Waals surface area contributed by atoms with Crippen LogP contribution in [0.4, 0.5) is 0 Å². The Labute approximate surface area is 157 Å². The van der Waals surface area contributed by atoms with Crippen LogP contribution < -0.4 is 10.1 Å². The third-order valence-electron chi connectivity index (χ3n) is 3.96. The molecule has 2 rings (SSSR count). The molecule has 1 N–H and O–H groups in total. The molecule has 25 heavy (non-hydrogen) atoms. The van der Waals surface area contributed by atoms with Gasteiger partial charge in [0.25, 0.3) is 0 Å². The zero-order valence-corrected chi connectivity index (χ0v) is 16.2. The van der Waals surface area contributed by atoms with Crippen LogP contribution in [0, 0.1) is 5.92 Å². The van der Waals surface area contributed by atoms with Crippen LogP contribution in [0.3, 0.4) is 0 Å². The third-order valence-corrected chi connectivity index (χ3v) is 3.96. The van der Waals surface area contributed by atoms with Gasteiger partial charge in [0.05, 0.1) is 5.92 Å². The molecule has 0 aromatic heterocycles. The van der Waals surface area contributed by atoms with E-state index < -0.39 is 0 Å². The molecule has 0 aliphatic heterocycles. The second-order valence-corrected chi connectivity index (χ2v) is 6.63. The molecular formula is C21H28ClNO2. The van der Waals surface area contributed by atoms with E-state index in [2.05, 4.69) is 49.5 Å². The van der Waals surface area contributed by atoms with Gasteiger partial charge in [-0.15, -0.1) is 12.4 Å². The number of hydrogen-bond donors (Lipinski definition) is 1. The van der Waals surface area contributed by atoms with Crippen molar-refractivity contribution in [3.05, 3.63) is 65.7 Å². The van der Waals surface area contributed by atoms with Crippen LogP contribution in [0.1, 0.15) is 44.9 Å². The topological polar surface area (TPSA) is 38.3 Å². The van der Waals surface area contributed by atoms with Crippen molar-refractivity contribution < 1.29 is 9.53 Å². The van der Waals surface area contributed by atoms with E-state index in [4.69, 9.17) is 4.74 Å². The molecule has 0 heterocycles. The number of carbonyl (C=O) groups is 1. The molecule has 2 aromatic carbocycles. The number of esters is 1. The van der Waals surface area contributed by atoms with E-state index in [-0.39, 0.29) is 24.3 Å². The quantitative estimate of drug-likeness (QED) is 0.560. The lowest BCUT2D eigenvalue weighted by molar-refractivity contribution is -0.137. The summed E-state index contributed by atoms with van der Waals surface area (Å²) in [5, 5.41) is 3.62. The molecule has 136 valence electrons. The molecule has 0 unspecified atom stereocenters. The Morgan fingerprint density at radius 3 is 2.32 bits per heavy atom. The fourth-order valence-electron chi connectivity index (χ4n) is 2.65. The molecule has 3 nitrogen and oxygen atoms in total. The molecule has 2 atom stereocenters. The van der Waals surface area contributed by atoms with Crippen molar-refractivity contribution >= 4 is 18.4 Å². The Kier molecular flexibility index (Phi) is 8.67. The molecule has 0 spiro atoms. The fourth-order valence-corrected chi connectivity index (χ4v) is 2.65. The highest BCUT2D eigenvalue weighted by Gasteiger charge is 2.12. The second kappa shape index (κ2) is 10.2. The summed E-state index contributed by atoms with van der Waals surface area (Å²) in [4.78, 5) is 11.7. The number of rotatable bonds is 7. The number of hydrogen-bond acceptors (Lipinski definition) is 3. The summed E-state index contributed by atoms with van der Waals surface area (Å²) >= 11 is 0. The van der Waals surface area contributed by atoms with Gasteiger partial charge in [-0.05, 0) is 43.5 Å². The maximum absolute atomic E-state index is 11.7. The standard InChI is InChI=1S/C21H27NO2.ClH/c1-15(2)21(23)24-20-12-8-9-18(14-20)13-16(3)22-17(4)19-10-6-5-7-11-19;/h5-12,14-17,22H,13H2,1-4H3;1H/t16-,17-;/m1./s1. The highest BCUT2D eigenvalue weighted by Crippen LogP contribution is 2.18. The summed E-state index contributed by atoms with van der Waals surface area (Å²) in [6, 6.07) is 18.8. The average Bonchev–Trinajstić information content (AvgIpc) is 2.55. The van der Waals surface area contributed by atoms with Crippen molar-refractivity contribution in [1.29, 1.82) is 0 Å². The zero-order chi connectivity index (χ0) is 17.5. The van der Waals surface area contributed by atoms with Crippen LogP contribution in [0.25, 0.3) is 0 Å².